The van der Waals surface area contributed by atoms with Crippen molar-refractivity contribution in [3.05, 3.63) is 47.5 Å². The number of carbonyl (C=O) groups is 2. The summed E-state index contributed by atoms with van der Waals surface area (Å²) in [7, 11) is 0. The van der Waals surface area contributed by atoms with Gasteiger partial charge in [-0.05, 0) is 43.3 Å². The first kappa shape index (κ1) is 15.9. The van der Waals surface area contributed by atoms with Crippen molar-refractivity contribution in [2.24, 2.45) is 0 Å². The van der Waals surface area contributed by atoms with E-state index in [1.54, 1.807) is 36.4 Å². The second-order valence-electron chi connectivity index (χ2n) is 4.82. The third-order valence-corrected chi connectivity index (χ3v) is 3.67. The highest BCUT2D eigenvalue weighted by Gasteiger charge is 2.14. The quantitative estimate of drug-likeness (QED) is 0.772. The molecule has 0 aliphatic carbocycles. The van der Waals surface area contributed by atoms with E-state index in [4.69, 9.17) is 10.2 Å². The van der Waals surface area contributed by atoms with E-state index in [1.165, 1.54) is 0 Å². The molecule has 5 nitrogen and oxygen atoms in total. The number of carboxylic acids is 2. The van der Waals surface area contributed by atoms with Gasteiger partial charge in [0.25, 0.3) is 0 Å². The van der Waals surface area contributed by atoms with Crippen molar-refractivity contribution in [2.45, 2.75) is 13.5 Å². The molecule has 6 heteroatoms. The first-order valence-corrected chi connectivity index (χ1v) is 6.55. The van der Waals surface area contributed by atoms with E-state index in [0.717, 1.165) is 28.4 Å². The van der Waals surface area contributed by atoms with Crippen molar-refractivity contribution >= 4 is 46.2 Å². The molecule has 0 radical (unpaired) electrons. The lowest BCUT2D eigenvalue weighted by Crippen LogP contribution is -1.97. The summed E-state index contributed by atoms with van der Waals surface area (Å²) in [5, 5.41) is 19.8. The van der Waals surface area contributed by atoms with Crippen LogP contribution in [-0.2, 0) is 6.54 Å². The summed E-state index contributed by atoms with van der Waals surface area (Å²) in [6.07, 6.45) is 0. The molecule has 2 aromatic carbocycles. The molecule has 0 amide bonds. The summed E-state index contributed by atoms with van der Waals surface area (Å²) in [6, 6.07) is 9.85. The van der Waals surface area contributed by atoms with E-state index in [9.17, 15) is 9.59 Å². The fourth-order valence-electron chi connectivity index (χ4n) is 2.71. The maximum atomic E-state index is 11.1. The average Bonchev–Trinajstić information content (AvgIpc) is 2.79. The number of aryl methyl sites for hydroxylation is 1. The highest BCUT2D eigenvalue weighted by molar-refractivity contribution is 6.11. The zero-order chi connectivity index (χ0) is 15.1. The number of nitrogens with zero attached hydrogens (tertiary/aromatic N) is 1. The Bertz CT molecular complexity index is 827. The van der Waals surface area contributed by atoms with Gasteiger partial charge in [-0.15, -0.1) is 12.4 Å². The summed E-state index contributed by atoms with van der Waals surface area (Å²) < 4.78 is 2.04. The van der Waals surface area contributed by atoms with E-state index in [-0.39, 0.29) is 23.5 Å². The van der Waals surface area contributed by atoms with Crippen LogP contribution < -0.4 is 0 Å². The predicted molar refractivity (Wildman–Crippen MR) is 86.3 cm³/mol. The third kappa shape index (κ3) is 2.29. The molecule has 114 valence electrons. The van der Waals surface area contributed by atoms with E-state index in [1.807, 2.05) is 11.5 Å². The smallest absolute Gasteiger partial charge is 0.335 e. The standard InChI is InChI=1S/C16H13NO4.ClH/c1-2-17-13-5-3-9(15(18)19)7-11(13)12-8-10(16(20)21)4-6-14(12)17;/h3-8H,2H2,1H3,(H,18,19)(H,20,21);1H. The molecule has 2 N–H and O–H groups in total. The van der Waals surface area contributed by atoms with Crippen LogP contribution >= 0.6 is 12.4 Å². The van der Waals surface area contributed by atoms with Crippen LogP contribution in [0.1, 0.15) is 27.6 Å². The Hall–Kier alpha value is -2.53. The number of halogens is 1. The Labute approximate surface area is 132 Å². The molecular formula is C16H14ClNO4. The number of rotatable bonds is 3. The van der Waals surface area contributed by atoms with E-state index in [0.29, 0.717) is 0 Å². The van der Waals surface area contributed by atoms with Gasteiger partial charge in [-0.25, -0.2) is 9.59 Å². The average molecular weight is 320 g/mol. The molecule has 0 atom stereocenters. The van der Waals surface area contributed by atoms with Crippen LogP contribution in [0.15, 0.2) is 36.4 Å². The Morgan fingerprint density at radius 2 is 1.32 bits per heavy atom. The molecule has 0 saturated heterocycles. The largest absolute Gasteiger partial charge is 0.478 e. The van der Waals surface area contributed by atoms with E-state index in [2.05, 4.69) is 0 Å². The van der Waals surface area contributed by atoms with Gasteiger partial charge in [0.05, 0.1) is 11.1 Å². The Kier molecular flexibility index (Phi) is 4.10. The van der Waals surface area contributed by atoms with Crippen LogP contribution in [0.4, 0.5) is 0 Å². The number of fused-ring (bicyclic) bond motifs is 3. The molecular weight excluding hydrogens is 306 g/mol. The van der Waals surface area contributed by atoms with Crippen molar-refractivity contribution < 1.29 is 19.8 Å². The normalized spacial score (nSPS) is 10.6. The summed E-state index contributed by atoms with van der Waals surface area (Å²) in [5.41, 5.74) is 2.19. The number of hydrogen-bond donors (Lipinski definition) is 2. The van der Waals surface area contributed by atoms with E-state index < -0.39 is 11.9 Å². The van der Waals surface area contributed by atoms with Crippen molar-refractivity contribution in [2.75, 3.05) is 0 Å². The van der Waals surface area contributed by atoms with Crippen molar-refractivity contribution in [3.63, 3.8) is 0 Å². The van der Waals surface area contributed by atoms with Crippen LogP contribution in [0, 0.1) is 0 Å². The van der Waals surface area contributed by atoms with Crippen molar-refractivity contribution in [3.8, 4) is 0 Å². The summed E-state index contributed by atoms with van der Waals surface area (Å²) in [5.74, 6) is -1.99. The lowest BCUT2D eigenvalue weighted by molar-refractivity contribution is 0.0686. The van der Waals surface area contributed by atoms with Gasteiger partial charge in [-0.3, -0.25) is 0 Å². The van der Waals surface area contributed by atoms with Gasteiger partial charge in [0, 0.05) is 28.4 Å². The van der Waals surface area contributed by atoms with Crippen LogP contribution in [-0.4, -0.2) is 26.7 Å². The topological polar surface area (TPSA) is 79.5 Å². The summed E-state index contributed by atoms with van der Waals surface area (Å²) in [6.45, 7) is 2.72. The van der Waals surface area contributed by atoms with Crippen LogP contribution in [0.25, 0.3) is 21.8 Å². The predicted octanol–water partition coefficient (Wildman–Crippen LogP) is 3.63. The number of carboxylic acid groups (broad SMARTS) is 2. The number of hydrogen-bond acceptors (Lipinski definition) is 2. The molecule has 0 aliphatic heterocycles. The first-order valence-electron chi connectivity index (χ1n) is 6.55. The number of benzene rings is 2. The molecule has 0 bridgehead atoms. The molecule has 3 rings (SSSR count). The third-order valence-electron chi connectivity index (χ3n) is 3.67. The highest BCUT2D eigenvalue weighted by Crippen LogP contribution is 2.30. The maximum absolute atomic E-state index is 11.1. The van der Waals surface area contributed by atoms with Gasteiger partial charge in [-0.2, -0.15) is 0 Å². The monoisotopic (exact) mass is 319 g/mol. The Morgan fingerprint density at radius 1 is 0.909 bits per heavy atom. The fraction of sp³-hybridized carbons (Fsp3) is 0.125. The maximum Gasteiger partial charge on any atom is 0.335 e. The molecule has 0 aliphatic rings. The molecule has 1 heterocycles. The van der Waals surface area contributed by atoms with Crippen LogP contribution in [0.2, 0.25) is 0 Å². The molecule has 0 unspecified atom stereocenters. The highest BCUT2D eigenvalue weighted by atomic mass is 35.5. The lowest BCUT2D eigenvalue weighted by Gasteiger charge is -2.03. The second kappa shape index (κ2) is 5.69. The summed E-state index contributed by atoms with van der Waals surface area (Å²) >= 11 is 0. The Balaban J connectivity index is 0.00000176. The van der Waals surface area contributed by atoms with Crippen molar-refractivity contribution in [1.29, 1.82) is 0 Å². The zero-order valence-corrected chi connectivity index (χ0v) is 12.6. The minimum atomic E-state index is -0.997. The molecule has 0 spiro atoms. The molecule has 0 fully saturated rings. The minimum absolute atomic E-state index is 0. The van der Waals surface area contributed by atoms with Crippen LogP contribution in [0.5, 0.6) is 0 Å². The van der Waals surface area contributed by atoms with Gasteiger partial charge in [0.1, 0.15) is 0 Å². The van der Waals surface area contributed by atoms with E-state index >= 15 is 0 Å². The molecule has 1 aromatic heterocycles. The van der Waals surface area contributed by atoms with Gasteiger partial charge in [0.15, 0.2) is 0 Å². The molecule has 3 aromatic rings. The zero-order valence-electron chi connectivity index (χ0n) is 11.7. The lowest BCUT2D eigenvalue weighted by atomic mass is 10.1. The SMILES string of the molecule is CCn1c2ccc(C(=O)O)cc2c2cc(C(=O)O)ccc21.Cl. The minimum Gasteiger partial charge on any atom is -0.478 e. The fourth-order valence-corrected chi connectivity index (χ4v) is 2.71. The number of aromatic nitrogens is 1. The van der Waals surface area contributed by atoms with Gasteiger partial charge >= 0.3 is 11.9 Å². The second-order valence-corrected chi connectivity index (χ2v) is 4.82. The van der Waals surface area contributed by atoms with Crippen molar-refractivity contribution in [1.82, 2.24) is 4.57 Å². The van der Waals surface area contributed by atoms with Gasteiger partial charge in [0.2, 0.25) is 0 Å². The number of aromatic carboxylic acids is 2. The van der Waals surface area contributed by atoms with Gasteiger partial charge < -0.3 is 14.8 Å². The van der Waals surface area contributed by atoms with Gasteiger partial charge in [-0.1, -0.05) is 0 Å². The molecule has 0 saturated carbocycles. The Morgan fingerprint density at radius 3 is 1.64 bits per heavy atom. The first-order chi connectivity index (χ1) is 10.0. The summed E-state index contributed by atoms with van der Waals surface area (Å²) in [4.78, 5) is 22.3. The molecule has 22 heavy (non-hydrogen) atoms. The van der Waals surface area contributed by atoms with Crippen LogP contribution in [0.3, 0.4) is 0 Å².